The molecule has 41 heavy (non-hydrogen) atoms. The smallest absolute Gasteiger partial charge is 0.324 e. The van der Waals surface area contributed by atoms with E-state index in [9.17, 15) is 43.2 Å². The Morgan fingerprint density at radius 2 is 1.39 bits per heavy atom. The first-order valence-electron chi connectivity index (χ1n) is 13.3. The second-order valence-electron chi connectivity index (χ2n) is 10.3. The van der Waals surface area contributed by atoms with E-state index < -0.39 is 51.8 Å². The van der Waals surface area contributed by atoms with Gasteiger partial charge in [0.2, 0.25) is 0 Å². The van der Waals surface area contributed by atoms with Crippen LogP contribution in [0.15, 0.2) is 45.7 Å². The molecule has 1 saturated heterocycles. The van der Waals surface area contributed by atoms with Crippen molar-refractivity contribution in [1.29, 1.82) is 5.41 Å². The molecule has 0 saturated carbocycles. The lowest BCUT2D eigenvalue weighted by Gasteiger charge is -2.41. The van der Waals surface area contributed by atoms with Crippen LogP contribution in [0.25, 0.3) is 11.6 Å². The number of sulfone groups is 2. The molecule has 0 radical (unpaired) electrons. The normalized spacial score (nSPS) is 19.1. The van der Waals surface area contributed by atoms with Crippen molar-refractivity contribution in [2.24, 2.45) is 0 Å². The highest BCUT2D eigenvalue weighted by molar-refractivity contribution is 8.00. The third kappa shape index (κ3) is 6.48. The van der Waals surface area contributed by atoms with Gasteiger partial charge in [0.1, 0.15) is 4.91 Å². The van der Waals surface area contributed by atoms with Crippen LogP contribution in [0.2, 0.25) is 0 Å². The van der Waals surface area contributed by atoms with E-state index >= 15 is 0 Å². The zero-order valence-corrected chi connectivity index (χ0v) is 24.3. The van der Waals surface area contributed by atoms with Gasteiger partial charge >= 0.3 is 11.0 Å². The van der Waals surface area contributed by atoms with Gasteiger partial charge in [-0.1, -0.05) is 37.6 Å². The van der Waals surface area contributed by atoms with Crippen molar-refractivity contribution in [3.05, 3.63) is 56.9 Å². The third-order valence-electron chi connectivity index (χ3n) is 7.68. The Hall–Kier alpha value is -2.45. The number of quaternary nitrogens is 1. The highest BCUT2D eigenvalue weighted by atomic mass is 32.2. The third-order valence-corrected chi connectivity index (χ3v) is 10.9. The monoisotopic (exact) mass is 627 g/mol. The summed E-state index contributed by atoms with van der Waals surface area (Å²) in [5.74, 6) is 0. The highest BCUT2D eigenvalue weighted by Gasteiger charge is 2.57. The largest absolute Gasteiger partial charge is 0.502 e. The van der Waals surface area contributed by atoms with Crippen LogP contribution in [0, 0.1) is 5.41 Å². The SMILES string of the molecule is CCCCC[N+]1(CC)CCCCC1.N=C1C2=Cc3ccccc3C2=CC(S(=O)(=O)C(F)(F)F)=C1S(=O)(=O)C(F)(F)F. The molecule has 0 aromatic heterocycles. The Morgan fingerprint density at radius 3 is 1.93 bits per heavy atom. The Labute approximate surface area is 236 Å². The molecular formula is C27H33F6N2O4S2+. The molecule has 1 heterocycles. The summed E-state index contributed by atoms with van der Waals surface area (Å²) < 4.78 is 127. The molecule has 228 valence electrons. The van der Waals surface area contributed by atoms with E-state index in [4.69, 9.17) is 5.41 Å². The molecule has 0 bridgehead atoms. The van der Waals surface area contributed by atoms with Crippen LogP contribution < -0.4 is 0 Å². The zero-order chi connectivity index (χ0) is 30.9. The fourth-order valence-electron chi connectivity index (χ4n) is 5.34. The summed E-state index contributed by atoms with van der Waals surface area (Å²) in [4.78, 5) is -4.38. The molecule has 14 heteroatoms. The van der Waals surface area contributed by atoms with E-state index in [0.29, 0.717) is 0 Å². The van der Waals surface area contributed by atoms with Gasteiger partial charge in [-0.3, -0.25) is 5.41 Å². The summed E-state index contributed by atoms with van der Waals surface area (Å²) in [5, 5.41) is 7.82. The van der Waals surface area contributed by atoms with Gasteiger partial charge < -0.3 is 4.48 Å². The van der Waals surface area contributed by atoms with Crippen LogP contribution in [0.1, 0.15) is 63.5 Å². The highest BCUT2D eigenvalue weighted by Crippen LogP contribution is 2.47. The summed E-state index contributed by atoms with van der Waals surface area (Å²) in [7, 11) is -13.1. The molecule has 2 aliphatic carbocycles. The van der Waals surface area contributed by atoms with Crippen molar-refractivity contribution >= 4 is 37.0 Å². The quantitative estimate of drug-likeness (QED) is 0.205. The fraction of sp³-hybridized carbons (Fsp3) is 0.519. The number of allylic oxidation sites excluding steroid dienone is 4. The van der Waals surface area contributed by atoms with Crippen LogP contribution in [0.3, 0.4) is 0 Å². The second-order valence-corrected chi connectivity index (χ2v) is 14.1. The Balaban J connectivity index is 0.000000298. The number of unbranched alkanes of at least 4 members (excludes halogenated alkanes) is 2. The number of likely N-dealkylation sites (tertiary alicyclic amines) is 1. The Bertz CT molecular complexity index is 1480. The summed E-state index contributed by atoms with van der Waals surface area (Å²) in [6.07, 6.45) is 9.99. The predicted octanol–water partition coefficient (Wildman–Crippen LogP) is 6.78. The first kappa shape index (κ1) is 33.1. The molecule has 1 aromatic carbocycles. The van der Waals surface area contributed by atoms with Gasteiger partial charge in [0.05, 0.1) is 36.8 Å². The van der Waals surface area contributed by atoms with Crippen LogP contribution in [0.4, 0.5) is 26.3 Å². The maximum atomic E-state index is 13.0. The number of alkyl halides is 6. The maximum absolute atomic E-state index is 13.0. The van der Waals surface area contributed by atoms with E-state index in [1.165, 1.54) is 93.5 Å². The van der Waals surface area contributed by atoms with Crippen molar-refractivity contribution in [3.8, 4) is 0 Å². The number of nitrogens with zero attached hydrogens (tertiary/aromatic N) is 1. The number of hydrogen-bond acceptors (Lipinski definition) is 5. The molecular weight excluding hydrogens is 594 g/mol. The molecule has 1 N–H and O–H groups in total. The second kappa shape index (κ2) is 12.0. The van der Waals surface area contributed by atoms with Gasteiger partial charge in [0.25, 0.3) is 19.7 Å². The average molecular weight is 628 g/mol. The van der Waals surface area contributed by atoms with Crippen molar-refractivity contribution < 1.29 is 47.7 Å². The molecule has 0 spiro atoms. The molecule has 4 rings (SSSR count). The molecule has 0 atom stereocenters. The van der Waals surface area contributed by atoms with E-state index in [1.54, 1.807) is 0 Å². The summed E-state index contributed by atoms with van der Waals surface area (Å²) in [5.41, 5.74) is -13.9. The van der Waals surface area contributed by atoms with Gasteiger partial charge in [-0.05, 0) is 67.9 Å². The number of rotatable bonds is 7. The average Bonchev–Trinajstić information content (AvgIpc) is 3.27. The summed E-state index contributed by atoms with van der Waals surface area (Å²) >= 11 is 0. The van der Waals surface area contributed by atoms with E-state index in [-0.39, 0.29) is 22.8 Å². The standard InChI is InChI=1S/C15H7F6NO4S2.C12H26N/c16-14(17,18)27(23,24)11-6-9-8-4-2-1-3-7(8)5-10(9)12(22)13(11)28(25,26)15(19,20)21;1-3-5-7-10-13(4-2)11-8-6-9-12-13/h1-6,22H;3-12H2,1-2H3/q;+1. The molecule has 6 nitrogen and oxygen atoms in total. The first-order chi connectivity index (χ1) is 18.9. The first-order valence-corrected chi connectivity index (χ1v) is 16.2. The number of fused-ring (bicyclic) bond motifs is 3. The van der Waals surface area contributed by atoms with Crippen LogP contribution in [-0.4, -0.2) is 64.2 Å². The number of piperidine rings is 1. The zero-order valence-electron chi connectivity index (χ0n) is 22.7. The Morgan fingerprint density at radius 1 is 0.805 bits per heavy atom. The van der Waals surface area contributed by atoms with Crippen molar-refractivity contribution in [2.75, 3.05) is 26.2 Å². The minimum Gasteiger partial charge on any atom is -0.324 e. The van der Waals surface area contributed by atoms with E-state index in [2.05, 4.69) is 13.8 Å². The van der Waals surface area contributed by atoms with E-state index in [1.807, 2.05) is 0 Å². The van der Waals surface area contributed by atoms with Crippen molar-refractivity contribution in [1.82, 2.24) is 0 Å². The molecule has 0 amide bonds. The number of nitrogens with one attached hydrogen (secondary N) is 1. The topological polar surface area (TPSA) is 92.1 Å². The van der Waals surface area contributed by atoms with Crippen LogP contribution in [0.5, 0.6) is 0 Å². The summed E-state index contributed by atoms with van der Waals surface area (Å²) in [6.45, 7) is 10.4. The van der Waals surface area contributed by atoms with Gasteiger partial charge in [0.15, 0.2) is 0 Å². The van der Waals surface area contributed by atoms with Gasteiger partial charge in [-0.2, -0.15) is 26.3 Å². The number of hydrogen-bond donors (Lipinski definition) is 1. The predicted molar refractivity (Wildman–Crippen MR) is 146 cm³/mol. The molecule has 3 aliphatic rings. The molecule has 1 aromatic rings. The number of halogens is 6. The molecule has 1 aliphatic heterocycles. The lowest BCUT2D eigenvalue weighted by atomic mass is 9.95. The lowest BCUT2D eigenvalue weighted by Crippen LogP contribution is -2.51. The number of benzene rings is 1. The molecule has 1 fully saturated rings. The maximum Gasteiger partial charge on any atom is 0.502 e. The van der Waals surface area contributed by atoms with Crippen molar-refractivity contribution in [2.45, 2.75) is 63.4 Å². The van der Waals surface area contributed by atoms with Crippen molar-refractivity contribution in [3.63, 3.8) is 0 Å². The minimum absolute atomic E-state index is 0.153. The minimum atomic E-state index is -6.58. The fourth-order valence-corrected chi connectivity index (χ4v) is 7.80. The van der Waals surface area contributed by atoms with Gasteiger partial charge in [-0.15, -0.1) is 0 Å². The van der Waals surface area contributed by atoms with Gasteiger partial charge in [0, 0.05) is 5.57 Å². The van der Waals surface area contributed by atoms with E-state index in [0.717, 1.165) is 6.08 Å². The lowest BCUT2D eigenvalue weighted by molar-refractivity contribution is -0.931. The van der Waals surface area contributed by atoms with Crippen LogP contribution in [-0.2, 0) is 19.7 Å². The van der Waals surface area contributed by atoms with Gasteiger partial charge in [-0.25, -0.2) is 16.8 Å². The molecule has 0 unspecified atom stereocenters. The van der Waals surface area contributed by atoms with Crippen LogP contribution >= 0.6 is 0 Å². The Kier molecular flexibility index (Phi) is 9.71. The summed E-state index contributed by atoms with van der Waals surface area (Å²) in [6, 6.07) is 5.69.